The molecule has 1 saturated heterocycles. The minimum atomic E-state index is -3.31. The van der Waals surface area contributed by atoms with E-state index in [4.69, 9.17) is 5.73 Å². The summed E-state index contributed by atoms with van der Waals surface area (Å²) in [7, 11) is -3.31. The van der Waals surface area contributed by atoms with Crippen molar-refractivity contribution in [2.75, 3.05) is 39.3 Å². The first-order valence-electron chi connectivity index (χ1n) is 6.73. The van der Waals surface area contributed by atoms with Gasteiger partial charge in [-0.25, -0.2) is 0 Å². The molecular weight excluding hydrogens is 252 g/mol. The van der Waals surface area contributed by atoms with Gasteiger partial charge in [-0.05, 0) is 25.9 Å². The molecule has 0 spiro atoms. The van der Waals surface area contributed by atoms with E-state index >= 15 is 0 Å². The third-order valence-corrected chi connectivity index (χ3v) is 5.22. The van der Waals surface area contributed by atoms with Crippen molar-refractivity contribution in [2.24, 2.45) is 5.73 Å². The second-order valence-electron chi connectivity index (χ2n) is 4.61. The fraction of sp³-hybridized carbons (Fsp3) is 1.00. The summed E-state index contributed by atoms with van der Waals surface area (Å²) in [5.74, 6) is 0. The minimum absolute atomic E-state index is 0.0598. The number of hydrogen-bond acceptors (Lipinski definition) is 4. The normalized spacial score (nSPS) is 19.6. The molecule has 0 bridgehead atoms. The number of nitrogens with zero attached hydrogens (tertiary/aromatic N) is 2. The van der Waals surface area contributed by atoms with Crippen molar-refractivity contribution < 1.29 is 8.42 Å². The fourth-order valence-corrected chi connectivity index (χ4v) is 3.79. The van der Waals surface area contributed by atoms with Crippen molar-refractivity contribution in [3.05, 3.63) is 0 Å². The SMILES string of the molecule is CCN(CC)S(=O)(=O)NC1CCN(CCN)CC1. The van der Waals surface area contributed by atoms with Crippen molar-refractivity contribution >= 4 is 10.2 Å². The summed E-state index contributed by atoms with van der Waals surface area (Å²) in [4.78, 5) is 2.28. The van der Waals surface area contributed by atoms with Gasteiger partial charge in [-0.1, -0.05) is 13.8 Å². The highest BCUT2D eigenvalue weighted by Crippen LogP contribution is 2.11. The summed E-state index contributed by atoms with van der Waals surface area (Å²) in [6, 6.07) is 0.0598. The second-order valence-corrected chi connectivity index (χ2v) is 6.31. The van der Waals surface area contributed by atoms with E-state index in [1.54, 1.807) is 0 Å². The number of hydrogen-bond donors (Lipinski definition) is 2. The minimum Gasteiger partial charge on any atom is -0.329 e. The molecule has 0 aromatic carbocycles. The molecule has 1 heterocycles. The Labute approximate surface area is 111 Å². The van der Waals surface area contributed by atoms with Gasteiger partial charge in [-0.2, -0.15) is 17.4 Å². The molecule has 1 aliphatic rings. The molecule has 0 aliphatic carbocycles. The summed E-state index contributed by atoms with van der Waals surface area (Å²) < 4.78 is 28.4. The van der Waals surface area contributed by atoms with E-state index in [-0.39, 0.29) is 6.04 Å². The van der Waals surface area contributed by atoms with Crippen LogP contribution in [0.1, 0.15) is 26.7 Å². The Bertz CT molecular complexity index is 322. The Hall–Kier alpha value is -0.210. The highest BCUT2D eigenvalue weighted by Gasteiger charge is 2.26. The van der Waals surface area contributed by atoms with Crippen LogP contribution in [-0.2, 0) is 10.2 Å². The van der Waals surface area contributed by atoms with E-state index in [9.17, 15) is 8.42 Å². The van der Waals surface area contributed by atoms with Crippen LogP contribution < -0.4 is 10.5 Å². The van der Waals surface area contributed by atoms with Crippen molar-refractivity contribution in [1.82, 2.24) is 13.9 Å². The van der Waals surface area contributed by atoms with E-state index in [0.717, 1.165) is 32.5 Å². The lowest BCUT2D eigenvalue weighted by Gasteiger charge is -2.32. The van der Waals surface area contributed by atoms with E-state index in [1.165, 1.54) is 4.31 Å². The third-order valence-electron chi connectivity index (χ3n) is 3.39. The molecule has 108 valence electrons. The van der Waals surface area contributed by atoms with E-state index in [2.05, 4.69) is 9.62 Å². The maximum atomic E-state index is 12.0. The molecular formula is C11H26N4O2S. The van der Waals surface area contributed by atoms with Gasteiger partial charge in [-0.3, -0.25) is 0 Å². The average Bonchev–Trinajstić information content (AvgIpc) is 2.33. The third kappa shape index (κ3) is 4.47. The van der Waals surface area contributed by atoms with Gasteiger partial charge in [0.2, 0.25) is 0 Å². The fourth-order valence-electron chi connectivity index (χ4n) is 2.31. The van der Waals surface area contributed by atoms with Crippen LogP contribution in [0.25, 0.3) is 0 Å². The summed E-state index contributed by atoms with van der Waals surface area (Å²) in [6.45, 7) is 8.13. The number of piperidine rings is 1. The molecule has 0 aromatic heterocycles. The van der Waals surface area contributed by atoms with Crippen LogP contribution in [0.3, 0.4) is 0 Å². The van der Waals surface area contributed by atoms with Crippen molar-refractivity contribution in [2.45, 2.75) is 32.7 Å². The van der Waals surface area contributed by atoms with Crippen molar-refractivity contribution in [3.8, 4) is 0 Å². The molecule has 1 fully saturated rings. The molecule has 1 rings (SSSR count). The molecule has 0 saturated carbocycles. The monoisotopic (exact) mass is 278 g/mol. The summed E-state index contributed by atoms with van der Waals surface area (Å²) in [5, 5.41) is 0. The van der Waals surface area contributed by atoms with Gasteiger partial charge in [0.05, 0.1) is 0 Å². The standard InChI is InChI=1S/C11H26N4O2S/c1-3-15(4-2)18(16,17)13-11-5-8-14(9-6-11)10-7-12/h11,13H,3-10,12H2,1-2H3. The number of nitrogens with two attached hydrogens (primary N) is 1. The molecule has 0 atom stereocenters. The maximum Gasteiger partial charge on any atom is 0.279 e. The molecule has 0 amide bonds. The van der Waals surface area contributed by atoms with Crippen molar-refractivity contribution in [1.29, 1.82) is 0 Å². The Balaban J connectivity index is 2.45. The first kappa shape index (κ1) is 15.8. The van der Waals surface area contributed by atoms with Crippen LogP contribution in [-0.4, -0.2) is 62.9 Å². The van der Waals surface area contributed by atoms with Crippen LogP contribution in [0.15, 0.2) is 0 Å². The second kappa shape index (κ2) is 7.40. The highest BCUT2D eigenvalue weighted by atomic mass is 32.2. The van der Waals surface area contributed by atoms with Gasteiger partial charge in [-0.15, -0.1) is 0 Å². The predicted octanol–water partition coefficient (Wildman–Crippen LogP) is -0.414. The summed E-state index contributed by atoms with van der Waals surface area (Å²) in [5.41, 5.74) is 5.51. The lowest BCUT2D eigenvalue weighted by atomic mass is 10.1. The molecule has 0 radical (unpaired) electrons. The van der Waals surface area contributed by atoms with Crippen LogP contribution in [0.5, 0.6) is 0 Å². The van der Waals surface area contributed by atoms with E-state index in [1.807, 2.05) is 13.8 Å². The molecule has 18 heavy (non-hydrogen) atoms. The van der Waals surface area contributed by atoms with Crippen LogP contribution in [0.4, 0.5) is 0 Å². The first-order chi connectivity index (χ1) is 8.53. The molecule has 3 N–H and O–H groups in total. The van der Waals surface area contributed by atoms with Gasteiger partial charge in [0.15, 0.2) is 0 Å². The van der Waals surface area contributed by atoms with E-state index in [0.29, 0.717) is 19.6 Å². The quantitative estimate of drug-likeness (QED) is 0.663. The van der Waals surface area contributed by atoms with Crippen LogP contribution in [0, 0.1) is 0 Å². The molecule has 0 unspecified atom stereocenters. The van der Waals surface area contributed by atoms with Crippen LogP contribution in [0.2, 0.25) is 0 Å². The Morgan fingerprint density at radius 2 is 1.83 bits per heavy atom. The van der Waals surface area contributed by atoms with Gasteiger partial charge in [0, 0.05) is 32.2 Å². The predicted molar refractivity (Wildman–Crippen MR) is 73.5 cm³/mol. The van der Waals surface area contributed by atoms with Gasteiger partial charge >= 0.3 is 0 Å². The summed E-state index contributed by atoms with van der Waals surface area (Å²) in [6.07, 6.45) is 1.72. The van der Waals surface area contributed by atoms with Crippen LogP contribution >= 0.6 is 0 Å². The maximum absolute atomic E-state index is 12.0. The van der Waals surface area contributed by atoms with E-state index < -0.39 is 10.2 Å². The zero-order valence-corrected chi connectivity index (χ0v) is 12.2. The van der Waals surface area contributed by atoms with Gasteiger partial charge < -0.3 is 10.6 Å². The highest BCUT2D eigenvalue weighted by molar-refractivity contribution is 7.87. The van der Waals surface area contributed by atoms with Gasteiger partial charge in [0.25, 0.3) is 10.2 Å². The average molecular weight is 278 g/mol. The summed E-state index contributed by atoms with van der Waals surface area (Å²) >= 11 is 0. The zero-order valence-electron chi connectivity index (χ0n) is 11.4. The smallest absolute Gasteiger partial charge is 0.279 e. The molecule has 0 aromatic rings. The first-order valence-corrected chi connectivity index (χ1v) is 8.17. The lowest BCUT2D eigenvalue weighted by Crippen LogP contribution is -2.50. The number of likely N-dealkylation sites (tertiary alicyclic amines) is 1. The molecule has 6 nitrogen and oxygen atoms in total. The largest absolute Gasteiger partial charge is 0.329 e. The zero-order chi connectivity index (χ0) is 13.6. The lowest BCUT2D eigenvalue weighted by molar-refractivity contribution is 0.211. The Morgan fingerprint density at radius 3 is 2.28 bits per heavy atom. The molecule has 7 heteroatoms. The topological polar surface area (TPSA) is 78.7 Å². The number of nitrogens with one attached hydrogen (secondary N) is 1. The number of rotatable bonds is 7. The Kier molecular flexibility index (Phi) is 6.51. The Morgan fingerprint density at radius 1 is 1.28 bits per heavy atom. The van der Waals surface area contributed by atoms with Gasteiger partial charge in [0.1, 0.15) is 0 Å². The molecule has 1 aliphatic heterocycles. The van der Waals surface area contributed by atoms with Crippen molar-refractivity contribution in [3.63, 3.8) is 0 Å².